The molecular weight excluding hydrogens is 460 g/mol. The second-order valence-electron chi connectivity index (χ2n) is 8.80. The first-order valence-corrected chi connectivity index (χ1v) is 11.4. The lowest BCUT2D eigenvalue weighted by atomic mass is 10.1. The van der Waals surface area contributed by atoms with Gasteiger partial charge in [-0.2, -0.15) is 4.98 Å². The Balaban J connectivity index is 1.72. The quantitative estimate of drug-likeness (QED) is 0.265. The Hall–Kier alpha value is -4.38. The Kier molecular flexibility index (Phi) is 6.93. The third kappa shape index (κ3) is 4.86. The molecule has 36 heavy (non-hydrogen) atoms. The zero-order chi connectivity index (χ0) is 26.0. The molecule has 0 aliphatic rings. The van der Waals surface area contributed by atoms with E-state index < -0.39 is 4.92 Å². The van der Waals surface area contributed by atoms with Gasteiger partial charge in [0.15, 0.2) is 11.6 Å². The van der Waals surface area contributed by atoms with E-state index in [1.54, 1.807) is 12.1 Å². The van der Waals surface area contributed by atoms with E-state index in [1.165, 1.54) is 13.2 Å². The van der Waals surface area contributed by atoms with Crippen molar-refractivity contribution in [1.82, 2.24) is 19.4 Å². The number of nitrogen functional groups attached to an aromatic ring is 1. The number of benzene rings is 2. The monoisotopic (exact) mass is 490 g/mol. The number of nitrogens with one attached hydrogen (secondary N) is 1. The van der Waals surface area contributed by atoms with Crippen LogP contribution in [0, 0.1) is 10.1 Å². The Morgan fingerprint density at radius 1 is 1.14 bits per heavy atom. The molecule has 0 unspecified atom stereocenters. The van der Waals surface area contributed by atoms with Gasteiger partial charge < -0.3 is 30.2 Å². The minimum Gasteiger partial charge on any atom is -0.491 e. The third-order valence-corrected chi connectivity index (χ3v) is 5.97. The second-order valence-corrected chi connectivity index (χ2v) is 8.80. The minimum absolute atomic E-state index is 0.0167. The maximum Gasteiger partial charge on any atom is 0.294 e. The van der Waals surface area contributed by atoms with Crippen molar-refractivity contribution in [3.8, 4) is 17.0 Å². The number of anilines is 4. The van der Waals surface area contributed by atoms with Crippen molar-refractivity contribution in [3.63, 3.8) is 0 Å². The summed E-state index contributed by atoms with van der Waals surface area (Å²) in [6.07, 6.45) is 1.96. The summed E-state index contributed by atoms with van der Waals surface area (Å²) in [4.78, 5) is 24.4. The molecule has 2 heterocycles. The van der Waals surface area contributed by atoms with Gasteiger partial charge in [-0.05, 0) is 32.3 Å². The van der Waals surface area contributed by atoms with Crippen LogP contribution in [-0.4, -0.2) is 65.7 Å². The first-order valence-electron chi connectivity index (χ1n) is 11.4. The molecule has 4 rings (SSSR count). The molecular formula is C25H30N8O3. The van der Waals surface area contributed by atoms with Gasteiger partial charge in [0.1, 0.15) is 11.4 Å². The summed E-state index contributed by atoms with van der Waals surface area (Å²) in [7, 11) is 9.23. The Morgan fingerprint density at radius 2 is 1.89 bits per heavy atom. The number of nitro groups is 1. The lowest BCUT2D eigenvalue weighted by Gasteiger charge is -2.21. The van der Waals surface area contributed by atoms with Gasteiger partial charge in [0, 0.05) is 61.6 Å². The van der Waals surface area contributed by atoms with Gasteiger partial charge >= 0.3 is 0 Å². The zero-order valence-corrected chi connectivity index (χ0v) is 21.0. The number of para-hydroxylation sites is 1. The van der Waals surface area contributed by atoms with Gasteiger partial charge in [0.25, 0.3) is 5.69 Å². The first kappa shape index (κ1) is 24.7. The molecule has 0 radical (unpaired) electrons. The van der Waals surface area contributed by atoms with Crippen LogP contribution in [0.1, 0.15) is 0 Å². The molecule has 0 aliphatic carbocycles. The maximum absolute atomic E-state index is 11.8. The van der Waals surface area contributed by atoms with Crippen molar-refractivity contribution in [2.75, 3.05) is 57.3 Å². The smallest absolute Gasteiger partial charge is 0.294 e. The number of hydrogen-bond donors (Lipinski definition) is 2. The third-order valence-electron chi connectivity index (χ3n) is 5.97. The summed E-state index contributed by atoms with van der Waals surface area (Å²) in [5, 5.41) is 15.9. The van der Waals surface area contributed by atoms with Crippen LogP contribution < -0.4 is 20.7 Å². The number of aromatic nitrogens is 3. The Bertz CT molecular complexity index is 1420. The fraction of sp³-hybridized carbons (Fsp3) is 0.280. The molecule has 0 fully saturated rings. The van der Waals surface area contributed by atoms with Gasteiger partial charge in [-0.25, -0.2) is 4.98 Å². The van der Waals surface area contributed by atoms with Crippen molar-refractivity contribution < 1.29 is 9.66 Å². The second kappa shape index (κ2) is 10.1. The average Bonchev–Trinajstić information content (AvgIpc) is 3.18. The van der Waals surface area contributed by atoms with Crippen molar-refractivity contribution in [1.29, 1.82) is 0 Å². The van der Waals surface area contributed by atoms with E-state index in [4.69, 9.17) is 10.5 Å². The topological polar surface area (TPSA) is 128 Å². The molecule has 0 bridgehead atoms. The lowest BCUT2D eigenvalue weighted by molar-refractivity contribution is -0.384. The van der Waals surface area contributed by atoms with Crippen LogP contribution in [0.15, 0.2) is 48.7 Å². The summed E-state index contributed by atoms with van der Waals surface area (Å²) in [5.41, 5.74) is 9.61. The number of nitro benzene ring substituents is 1. The van der Waals surface area contributed by atoms with Crippen LogP contribution in [0.5, 0.6) is 5.75 Å². The van der Waals surface area contributed by atoms with Gasteiger partial charge in [0.2, 0.25) is 5.95 Å². The van der Waals surface area contributed by atoms with Crippen molar-refractivity contribution >= 4 is 39.7 Å². The number of nitrogens with two attached hydrogens (primary N) is 1. The number of methoxy groups -OCH3 is 1. The van der Waals surface area contributed by atoms with E-state index in [0.717, 1.165) is 23.0 Å². The molecule has 0 amide bonds. The molecule has 2 aromatic heterocycles. The highest BCUT2D eigenvalue weighted by Crippen LogP contribution is 2.38. The number of nitrogens with zero attached hydrogens (tertiary/aromatic N) is 6. The van der Waals surface area contributed by atoms with Gasteiger partial charge in [-0.15, -0.1) is 0 Å². The fourth-order valence-electron chi connectivity index (χ4n) is 4.11. The molecule has 0 aliphatic heterocycles. The highest BCUT2D eigenvalue weighted by atomic mass is 16.6. The average molecular weight is 491 g/mol. The number of ether oxygens (including phenoxy) is 1. The molecule has 11 heteroatoms. The molecule has 0 saturated heterocycles. The van der Waals surface area contributed by atoms with Crippen molar-refractivity contribution in [3.05, 3.63) is 58.8 Å². The van der Waals surface area contributed by atoms with Crippen LogP contribution in [0.2, 0.25) is 0 Å². The lowest BCUT2D eigenvalue weighted by Crippen LogP contribution is -2.28. The number of fused-ring (bicyclic) bond motifs is 1. The predicted octanol–water partition coefficient (Wildman–Crippen LogP) is 3.88. The first-order chi connectivity index (χ1) is 17.2. The standard InChI is InChI=1S/C25H30N8O3/c1-30(2)12-13-31(3)20-11-10-16(14-21(20)33(34)35)27-25-28-22(23(36-5)24(26)29-25)18-15-32(4)19-9-7-6-8-17(18)19/h6-11,14-15H,12-13H2,1-5H3,(H3,26,27,28,29). The van der Waals surface area contributed by atoms with Crippen molar-refractivity contribution in [2.24, 2.45) is 7.05 Å². The fourth-order valence-corrected chi connectivity index (χ4v) is 4.11. The maximum atomic E-state index is 11.8. The van der Waals surface area contributed by atoms with E-state index in [1.807, 2.05) is 73.0 Å². The van der Waals surface area contributed by atoms with Gasteiger partial charge in [0.05, 0.1) is 12.0 Å². The Labute approximate surface area is 209 Å². The van der Waals surface area contributed by atoms with E-state index in [-0.39, 0.29) is 17.5 Å². The normalized spacial score (nSPS) is 11.2. The molecule has 3 N–H and O–H groups in total. The van der Waals surface area contributed by atoms with Crippen LogP contribution in [0.3, 0.4) is 0 Å². The summed E-state index contributed by atoms with van der Waals surface area (Å²) < 4.78 is 7.55. The van der Waals surface area contributed by atoms with Crippen molar-refractivity contribution in [2.45, 2.75) is 0 Å². The van der Waals surface area contributed by atoms with Crippen LogP contribution in [-0.2, 0) is 7.05 Å². The van der Waals surface area contributed by atoms with Gasteiger partial charge in [-0.3, -0.25) is 10.1 Å². The molecule has 188 valence electrons. The summed E-state index contributed by atoms with van der Waals surface area (Å²) in [6, 6.07) is 12.9. The summed E-state index contributed by atoms with van der Waals surface area (Å²) in [6.45, 7) is 1.41. The molecule has 0 spiro atoms. The summed E-state index contributed by atoms with van der Waals surface area (Å²) >= 11 is 0. The number of rotatable bonds is 9. The van der Waals surface area contributed by atoms with E-state index in [2.05, 4.69) is 15.3 Å². The molecule has 4 aromatic rings. The summed E-state index contributed by atoms with van der Waals surface area (Å²) in [5.74, 6) is 0.729. The highest BCUT2D eigenvalue weighted by molar-refractivity contribution is 5.97. The van der Waals surface area contributed by atoms with Gasteiger partial charge in [-0.1, -0.05) is 18.2 Å². The minimum atomic E-state index is -0.391. The Morgan fingerprint density at radius 3 is 2.58 bits per heavy atom. The van der Waals surface area contributed by atoms with Crippen LogP contribution >= 0.6 is 0 Å². The molecule has 0 saturated carbocycles. The van der Waals surface area contributed by atoms with E-state index >= 15 is 0 Å². The zero-order valence-electron chi connectivity index (χ0n) is 21.0. The SMILES string of the molecule is COc1c(N)nc(Nc2ccc(N(C)CCN(C)C)c([N+](=O)[O-])c2)nc1-c1cn(C)c2ccccc12. The predicted molar refractivity (Wildman–Crippen MR) is 143 cm³/mol. The number of likely N-dealkylation sites (N-methyl/N-ethyl adjacent to an activating group) is 2. The molecule has 0 atom stereocenters. The number of aryl methyl sites for hydroxylation is 1. The van der Waals surface area contributed by atoms with Crippen LogP contribution in [0.4, 0.5) is 28.8 Å². The molecule has 11 nitrogen and oxygen atoms in total. The van der Waals surface area contributed by atoms with E-state index in [0.29, 0.717) is 29.4 Å². The van der Waals surface area contributed by atoms with Crippen LogP contribution in [0.25, 0.3) is 22.2 Å². The van der Waals surface area contributed by atoms with E-state index in [9.17, 15) is 10.1 Å². The molecule has 2 aromatic carbocycles. The largest absolute Gasteiger partial charge is 0.491 e. The highest BCUT2D eigenvalue weighted by Gasteiger charge is 2.21. The number of hydrogen-bond acceptors (Lipinski definition) is 9.